The zero-order valence-corrected chi connectivity index (χ0v) is 15.0. The number of aromatic amines is 1. The first kappa shape index (κ1) is 15.4. The molecule has 3 nitrogen and oxygen atoms in total. The number of H-pyrrole nitrogens is 1. The van der Waals surface area contributed by atoms with E-state index in [0.29, 0.717) is 11.4 Å². The van der Waals surface area contributed by atoms with E-state index in [1.807, 2.05) is 18.3 Å². The van der Waals surface area contributed by atoms with E-state index in [4.69, 9.17) is 0 Å². The lowest BCUT2D eigenvalue weighted by atomic mass is 10.2. The van der Waals surface area contributed by atoms with Gasteiger partial charge in [-0.3, -0.25) is 0 Å². The summed E-state index contributed by atoms with van der Waals surface area (Å²) in [5.41, 5.74) is 3.66. The van der Waals surface area contributed by atoms with Gasteiger partial charge < -0.3 is 9.88 Å². The molecular weight excluding hydrogens is 416 g/mol. The molecule has 3 aromatic rings. The molecule has 2 aromatic carbocycles. The standard InChI is InChI=1S/C19H15FIN3/c20-16-4-2-1-3-15(16)19-22-17-9-10-24(12-18(17)23-19)11-13-5-7-14(21)8-6-13/h1-10H,11-12H2,(H,22,23). The van der Waals surface area contributed by atoms with Gasteiger partial charge in [-0.2, -0.15) is 0 Å². The van der Waals surface area contributed by atoms with Crippen molar-refractivity contribution < 1.29 is 4.39 Å². The monoisotopic (exact) mass is 431 g/mol. The Morgan fingerprint density at radius 1 is 1.12 bits per heavy atom. The van der Waals surface area contributed by atoms with Crippen LogP contribution in [0.3, 0.4) is 0 Å². The molecule has 2 heterocycles. The fraction of sp³-hybridized carbons (Fsp3) is 0.105. The van der Waals surface area contributed by atoms with Crippen molar-refractivity contribution in [1.29, 1.82) is 0 Å². The minimum Gasteiger partial charge on any atom is -0.367 e. The third-order valence-electron chi connectivity index (χ3n) is 4.04. The number of hydrogen-bond donors (Lipinski definition) is 1. The molecule has 4 rings (SSSR count). The van der Waals surface area contributed by atoms with Crippen LogP contribution in [0.5, 0.6) is 0 Å². The van der Waals surface area contributed by atoms with Gasteiger partial charge in [0.2, 0.25) is 0 Å². The van der Waals surface area contributed by atoms with Crippen LogP contribution in [0, 0.1) is 9.39 Å². The molecule has 1 aliphatic rings. The summed E-state index contributed by atoms with van der Waals surface area (Å²) in [6.45, 7) is 1.57. The van der Waals surface area contributed by atoms with E-state index < -0.39 is 0 Å². The highest BCUT2D eigenvalue weighted by atomic mass is 127. The molecule has 0 spiro atoms. The number of nitrogens with zero attached hydrogens (tertiary/aromatic N) is 2. The summed E-state index contributed by atoms with van der Waals surface area (Å²) in [4.78, 5) is 10.0. The maximum Gasteiger partial charge on any atom is 0.141 e. The zero-order chi connectivity index (χ0) is 16.5. The van der Waals surface area contributed by atoms with Crippen LogP contribution in [0.25, 0.3) is 17.5 Å². The van der Waals surface area contributed by atoms with Crippen LogP contribution in [-0.4, -0.2) is 14.9 Å². The highest BCUT2D eigenvalue weighted by Crippen LogP contribution is 2.25. The minimum atomic E-state index is -0.261. The molecule has 0 fully saturated rings. The number of fused-ring (bicyclic) bond motifs is 1. The maximum absolute atomic E-state index is 13.9. The third kappa shape index (κ3) is 3.08. The van der Waals surface area contributed by atoms with Crippen molar-refractivity contribution in [3.05, 3.63) is 81.1 Å². The Bertz CT molecular complexity index is 899. The van der Waals surface area contributed by atoms with Crippen molar-refractivity contribution >= 4 is 28.7 Å². The van der Waals surface area contributed by atoms with Crippen LogP contribution in [0.15, 0.2) is 54.7 Å². The molecule has 1 N–H and O–H groups in total. The lowest BCUT2D eigenvalue weighted by Crippen LogP contribution is -2.19. The topological polar surface area (TPSA) is 31.9 Å². The van der Waals surface area contributed by atoms with Gasteiger partial charge in [0, 0.05) is 16.3 Å². The normalized spacial score (nSPS) is 13.2. The predicted octanol–water partition coefficient (Wildman–Crippen LogP) is 4.81. The molecular formula is C19H15FIN3. The lowest BCUT2D eigenvalue weighted by Gasteiger charge is -2.23. The SMILES string of the molecule is Fc1ccccc1-c1nc2c([nH]1)CN(Cc1ccc(I)cc1)C=C2. The molecule has 0 bridgehead atoms. The van der Waals surface area contributed by atoms with Crippen molar-refractivity contribution in [2.75, 3.05) is 0 Å². The number of nitrogens with one attached hydrogen (secondary N) is 1. The van der Waals surface area contributed by atoms with Gasteiger partial charge in [-0.1, -0.05) is 24.3 Å². The van der Waals surface area contributed by atoms with E-state index in [9.17, 15) is 4.39 Å². The van der Waals surface area contributed by atoms with Crippen LogP contribution >= 0.6 is 22.6 Å². The minimum absolute atomic E-state index is 0.261. The molecule has 120 valence electrons. The first-order chi connectivity index (χ1) is 11.7. The summed E-state index contributed by atoms with van der Waals surface area (Å²) in [6.07, 6.45) is 4.03. The van der Waals surface area contributed by atoms with Crippen LogP contribution in [0.2, 0.25) is 0 Å². The van der Waals surface area contributed by atoms with E-state index in [0.717, 1.165) is 24.5 Å². The van der Waals surface area contributed by atoms with Crippen molar-refractivity contribution in [2.45, 2.75) is 13.1 Å². The summed E-state index contributed by atoms with van der Waals surface area (Å²) in [5, 5.41) is 0. The second kappa shape index (κ2) is 6.39. The van der Waals surface area contributed by atoms with Gasteiger partial charge in [0.05, 0.1) is 23.5 Å². The average molecular weight is 431 g/mol. The first-order valence-corrected chi connectivity index (χ1v) is 8.77. The maximum atomic E-state index is 13.9. The number of halogens is 2. The Hall–Kier alpha value is -2.15. The molecule has 5 heteroatoms. The molecule has 24 heavy (non-hydrogen) atoms. The van der Waals surface area contributed by atoms with Gasteiger partial charge in [-0.05, 0) is 58.5 Å². The summed E-state index contributed by atoms with van der Waals surface area (Å²) in [6, 6.07) is 15.2. The number of benzene rings is 2. The van der Waals surface area contributed by atoms with Crippen molar-refractivity contribution in [3.63, 3.8) is 0 Å². The van der Waals surface area contributed by atoms with Crippen molar-refractivity contribution in [2.24, 2.45) is 0 Å². The molecule has 0 radical (unpaired) electrons. The van der Waals surface area contributed by atoms with E-state index in [1.165, 1.54) is 15.2 Å². The van der Waals surface area contributed by atoms with Crippen LogP contribution < -0.4 is 0 Å². The van der Waals surface area contributed by atoms with Gasteiger partial charge in [-0.25, -0.2) is 9.37 Å². The Morgan fingerprint density at radius 2 is 1.92 bits per heavy atom. The number of imidazole rings is 1. The van der Waals surface area contributed by atoms with Gasteiger partial charge >= 0.3 is 0 Å². The molecule has 1 aliphatic heterocycles. The fourth-order valence-electron chi connectivity index (χ4n) is 2.83. The van der Waals surface area contributed by atoms with E-state index in [2.05, 4.69) is 61.7 Å². The first-order valence-electron chi connectivity index (χ1n) is 7.69. The van der Waals surface area contributed by atoms with Crippen LogP contribution in [-0.2, 0) is 13.1 Å². The van der Waals surface area contributed by atoms with Gasteiger partial charge in [0.25, 0.3) is 0 Å². The second-order valence-electron chi connectivity index (χ2n) is 5.78. The van der Waals surface area contributed by atoms with E-state index in [1.54, 1.807) is 12.1 Å². The summed E-state index contributed by atoms with van der Waals surface area (Å²) in [5.74, 6) is 0.321. The molecule has 1 aromatic heterocycles. The molecule has 0 aliphatic carbocycles. The Morgan fingerprint density at radius 3 is 2.71 bits per heavy atom. The number of rotatable bonds is 3. The van der Waals surface area contributed by atoms with Gasteiger partial charge in [0.1, 0.15) is 11.6 Å². The predicted molar refractivity (Wildman–Crippen MR) is 101 cm³/mol. The highest BCUT2D eigenvalue weighted by Gasteiger charge is 2.17. The molecule has 0 saturated heterocycles. The molecule has 0 saturated carbocycles. The molecule has 0 atom stereocenters. The van der Waals surface area contributed by atoms with Gasteiger partial charge in [0.15, 0.2) is 0 Å². The molecule has 0 unspecified atom stereocenters. The summed E-state index contributed by atoms with van der Waals surface area (Å²) in [7, 11) is 0. The third-order valence-corrected chi connectivity index (χ3v) is 4.76. The van der Waals surface area contributed by atoms with Crippen LogP contribution in [0.1, 0.15) is 17.0 Å². The van der Waals surface area contributed by atoms with Crippen molar-refractivity contribution in [1.82, 2.24) is 14.9 Å². The summed E-state index contributed by atoms with van der Waals surface area (Å²) >= 11 is 2.31. The second-order valence-corrected chi connectivity index (χ2v) is 7.02. The van der Waals surface area contributed by atoms with E-state index >= 15 is 0 Å². The number of hydrogen-bond acceptors (Lipinski definition) is 2. The van der Waals surface area contributed by atoms with Crippen molar-refractivity contribution in [3.8, 4) is 11.4 Å². The highest BCUT2D eigenvalue weighted by molar-refractivity contribution is 14.1. The fourth-order valence-corrected chi connectivity index (χ4v) is 3.19. The lowest BCUT2D eigenvalue weighted by molar-refractivity contribution is 0.355. The van der Waals surface area contributed by atoms with Crippen LogP contribution in [0.4, 0.5) is 4.39 Å². The zero-order valence-electron chi connectivity index (χ0n) is 12.8. The Labute approximate surface area is 153 Å². The van der Waals surface area contributed by atoms with Gasteiger partial charge in [-0.15, -0.1) is 0 Å². The number of aromatic nitrogens is 2. The summed E-state index contributed by atoms with van der Waals surface area (Å²) < 4.78 is 15.2. The molecule has 0 amide bonds. The largest absolute Gasteiger partial charge is 0.367 e. The van der Waals surface area contributed by atoms with E-state index in [-0.39, 0.29) is 5.82 Å². The smallest absolute Gasteiger partial charge is 0.141 e. The Kier molecular flexibility index (Phi) is 4.10. The Balaban J connectivity index is 1.55. The quantitative estimate of drug-likeness (QED) is 0.604. The average Bonchev–Trinajstić information content (AvgIpc) is 3.00.